The van der Waals surface area contributed by atoms with Gasteiger partial charge in [-0.15, -0.1) is 0 Å². The zero-order valence-corrected chi connectivity index (χ0v) is 20.0. The number of nitrogens with one attached hydrogen (secondary N) is 2. The number of imide groups is 2. The second kappa shape index (κ2) is 11.6. The number of benzene rings is 1. The van der Waals surface area contributed by atoms with Crippen LogP contribution in [0.4, 0.5) is 5.69 Å². The first-order valence-electron chi connectivity index (χ1n) is 12.1. The van der Waals surface area contributed by atoms with Gasteiger partial charge in [0.25, 0.3) is 11.8 Å². The van der Waals surface area contributed by atoms with Crippen molar-refractivity contribution in [2.45, 2.75) is 37.8 Å². The van der Waals surface area contributed by atoms with Crippen molar-refractivity contribution in [3.8, 4) is 0 Å². The van der Waals surface area contributed by atoms with E-state index in [0.29, 0.717) is 38.5 Å². The van der Waals surface area contributed by atoms with Crippen LogP contribution < -0.4 is 16.4 Å². The minimum absolute atomic E-state index is 0.00676. The molecule has 2 saturated heterocycles. The Hall–Kier alpha value is -3.35. The summed E-state index contributed by atoms with van der Waals surface area (Å²) >= 11 is 0. The van der Waals surface area contributed by atoms with Gasteiger partial charge in [0.05, 0.1) is 30.9 Å². The number of anilines is 1. The van der Waals surface area contributed by atoms with Gasteiger partial charge in [0, 0.05) is 37.8 Å². The average Bonchev–Trinajstić information content (AvgIpc) is 3.11. The molecule has 0 spiro atoms. The van der Waals surface area contributed by atoms with Crippen molar-refractivity contribution < 1.29 is 33.4 Å². The zero-order chi connectivity index (χ0) is 25.7. The Kier molecular flexibility index (Phi) is 8.28. The minimum Gasteiger partial charge on any atom is -0.382 e. The Labute approximate surface area is 208 Å². The van der Waals surface area contributed by atoms with Crippen LogP contribution in [0.25, 0.3) is 0 Å². The topological polar surface area (TPSA) is 160 Å². The average molecular weight is 502 g/mol. The molecule has 0 bridgehead atoms. The highest BCUT2D eigenvalue weighted by molar-refractivity contribution is 6.25. The van der Waals surface area contributed by atoms with Gasteiger partial charge in [-0.05, 0) is 31.4 Å². The Morgan fingerprint density at radius 2 is 1.78 bits per heavy atom. The number of ether oxygens (including phenoxy) is 2. The van der Waals surface area contributed by atoms with Crippen molar-refractivity contribution in [1.29, 1.82) is 0 Å². The molecular formula is C24H31N5O7. The molecule has 0 radical (unpaired) electrons. The Bertz CT molecular complexity index is 1040. The first-order valence-corrected chi connectivity index (χ1v) is 12.1. The molecule has 1 aromatic rings. The second-order valence-corrected chi connectivity index (χ2v) is 8.99. The number of fused-ring (bicyclic) bond motifs is 1. The van der Waals surface area contributed by atoms with Gasteiger partial charge in [0.1, 0.15) is 12.6 Å². The summed E-state index contributed by atoms with van der Waals surface area (Å²) in [7, 11) is 0. The third-order valence-corrected chi connectivity index (χ3v) is 6.52. The number of likely N-dealkylation sites (tertiary alicyclic amines) is 1. The summed E-state index contributed by atoms with van der Waals surface area (Å²) in [6.07, 6.45) is 1.78. The fourth-order valence-corrected chi connectivity index (χ4v) is 4.54. The first kappa shape index (κ1) is 25.7. The van der Waals surface area contributed by atoms with E-state index in [1.165, 1.54) is 0 Å². The summed E-state index contributed by atoms with van der Waals surface area (Å²) in [5.74, 6) is -2.23. The van der Waals surface area contributed by atoms with E-state index < -0.39 is 29.7 Å². The molecule has 4 N–H and O–H groups in total. The van der Waals surface area contributed by atoms with Crippen molar-refractivity contribution in [2.24, 2.45) is 5.73 Å². The fraction of sp³-hybridized carbons (Fsp3) is 0.542. The minimum atomic E-state index is -1.01. The summed E-state index contributed by atoms with van der Waals surface area (Å²) in [5.41, 5.74) is 6.73. The van der Waals surface area contributed by atoms with Crippen molar-refractivity contribution in [1.82, 2.24) is 15.1 Å². The molecule has 4 rings (SSSR count). The highest BCUT2D eigenvalue weighted by Gasteiger charge is 2.45. The van der Waals surface area contributed by atoms with Gasteiger partial charge in [-0.25, -0.2) is 0 Å². The fourth-order valence-electron chi connectivity index (χ4n) is 4.54. The van der Waals surface area contributed by atoms with Crippen LogP contribution in [0.2, 0.25) is 0 Å². The third-order valence-electron chi connectivity index (χ3n) is 6.52. The Balaban J connectivity index is 1.19. The van der Waals surface area contributed by atoms with E-state index in [0.717, 1.165) is 17.7 Å². The van der Waals surface area contributed by atoms with Gasteiger partial charge in [0.15, 0.2) is 0 Å². The van der Waals surface area contributed by atoms with E-state index >= 15 is 0 Å². The lowest BCUT2D eigenvalue weighted by Gasteiger charge is -2.30. The molecule has 1 aromatic carbocycles. The Morgan fingerprint density at radius 1 is 1.03 bits per heavy atom. The predicted molar refractivity (Wildman–Crippen MR) is 127 cm³/mol. The number of carbonyl (C=O) groups excluding carboxylic acids is 5. The summed E-state index contributed by atoms with van der Waals surface area (Å²) in [4.78, 5) is 64.4. The molecule has 194 valence electrons. The van der Waals surface area contributed by atoms with E-state index in [2.05, 4.69) is 10.6 Å². The molecule has 0 saturated carbocycles. The SMILES string of the molecule is NC1CCN(C(=O)COCCOCCNc2cccc3c2C(=O)N(C2CCC(=O)NC2=O)C3=O)CC1. The predicted octanol–water partition coefficient (Wildman–Crippen LogP) is -0.517. The van der Waals surface area contributed by atoms with Gasteiger partial charge in [-0.2, -0.15) is 0 Å². The monoisotopic (exact) mass is 501 g/mol. The number of nitrogens with two attached hydrogens (primary N) is 1. The first-order chi connectivity index (χ1) is 17.4. The van der Waals surface area contributed by atoms with Gasteiger partial charge >= 0.3 is 0 Å². The summed E-state index contributed by atoms with van der Waals surface area (Å²) in [5, 5.41) is 5.29. The third kappa shape index (κ3) is 5.72. The lowest BCUT2D eigenvalue weighted by atomic mass is 10.0. The van der Waals surface area contributed by atoms with Crippen LogP contribution in [-0.4, -0.2) is 97.5 Å². The molecule has 3 aliphatic rings. The molecule has 12 heteroatoms. The number of hydrogen-bond acceptors (Lipinski definition) is 9. The van der Waals surface area contributed by atoms with Crippen LogP contribution in [0, 0.1) is 0 Å². The lowest BCUT2D eigenvalue weighted by molar-refractivity contribution is -0.138. The number of carbonyl (C=O) groups is 5. The molecule has 1 unspecified atom stereocenters. The van der Waals surface area contributed by atoms with E-state index in [-0.39, 0.29) is 49.1 Å². The van der Waals surface area contributed by atoms with Crippen LogP contribution in [0.3, 0.4) is 0 Å². The van der Waals surface area contributed by atoms with Gasteiger partial charge < -0.3 is 25.4 Å². The van der Waals surface area contributed by atoms with Crippen molar-refractivity contribution in [3.63, 3.8) is 0 Å². The molecule has 3 aliphatic heterocycles. The highest BCUT2D eigenvalue weighted by atomic mass is 16.5. The molecule has 0 aliphatic carbocycles. The molecule has 36 heavy (non-hydrogen) atoms. The molecule has 12 nitrogen and oxygen atoms in total. The number of hydrogen-bond donors (Lipinski definition) is 3. The number of rotatable bonds is 10. The van der Waals surface area contributed by atoms with Crippen LogP contribution in [-0.2, 0) is 23.9 Å². The number of nitrogens with zero attached hydrogens (tertiary/aromatic N) is 2. The molecule has 3 heterocycles. The number of amides is 5. The molecule has 5 amide bonds. The normalized spacial score (nSPS) is 20.5. The number of piperidine rings is 2. The van der Waals surface area contributed by atoms with Crippen LogP contribution >= 0.6 is 0 Å². The smallest absolute Gasteiger partial charge is 0.264 e. The molecule has 2 fully saturated rings. The van der Waals surface area contributed by atoms with E-state index in [1.54, 1.807) is 23.1 Å². The summed E-state index contributed by atoms with van der Waals surface area (Å²) in [6.45, 7) is 2.57. The maximum atomic E-state index is 13.1. The van der Waals surface area contributed by atoms with Gasteiger partial charge in [-0.3, -0.25) is 34.2 Å². The maximum Gasteiger partial charge on any atom is 0.264 e. The van der Waals surface area contributed by atoms with Gasteiger partial charge in [0.2, 0.25) is 17.7 Å². The van der Waals surface area contributed by atoms with Gasteiger partial charge in [-0.1, -0.05) is 6.07 Å². The summed E-state index contributed by atoms with van der Waals surface area (Å²) in [6, 6.07) is 4.03. The van der Waals surface area contributed by atoms with Crippen molar-refractivity contribution in [3.05, 3.63) is 29.3 Å². The van der Waals surface area contributed by atoms with E-state index in [1.807, 2.05) is 0 Å². The van der Waals surface area contributed by atoms with Crippen molar-refractivity contribution >= 4 is 35.2 Å². The van der Waals surface area contributed by atoms with Crippen molar-refractivity contribution in [2.75, 3.05) is 51.4 Å². The van der Waals surface area contributed by atoms with Crippen LogP contribution in [0.5, 0.6) is 0 Å². The van der Waals surface area contributed by atoms with E-state index in [4.69, 9.17) is 15.2 Å². The zero-order valence-electron chi connectivity index (χ0n) is 20.0. The molecule has 1 atom stereocenters. The summed E-state index contributed by atoms with van der Waals surface area (Å²) < 4.78 is 10.9. The van der Waals surface area contributed by atoms with E-state index in [9.17, 15) is 24.0 Å². The largest absolute Gasteiger partial charge is 0.382 e. The standard InChI is InChI=1S/C24H31N5O7/c25-15-6-9-28(10-7-15)20(31)14-36-13-12-35-11-8-26-17-3-1-2-16-21(17)24(34)29(23(16)33)18-4-5-19(30)27-22(18)32/h1-3,15,18,26H,4-14,25H2,(H,27,30,32). The molecular weight excluding hydrogens is 470 g/mol. The Morgan fingerprint density at radius 3 is 2.53 bits per heavy atom. The van der Waals surface area contributed by atoms with Crippen LogP contribution in [0.15, 0.2) is 18.2 Å². The molecule has 0 aromatic heterocycles. The van der Waals surface area contributed by atoms with Crippen LogP contribution in [0.1, 0.15) is 46.4 Å². The lowest BCUT2D eigenvalue weighted by Crippen LogP contribution is -2.54. The highest BCUT2D eigenvalue weighted by Crippen LogP contribution is 2.32. The second-order valence-electron chi connectivity index (χ2n) is 8.99. The quantitative estimate of drug-likeness (QED) is 0.283. The maximum absolute atomic E-state index is 13.1.